The largest absolute Gasteiger partial charge is 0.396 e. The molecular formula is C16H23FN2O3. The van der Waals surface area contributed by atoms with Crippen molar-refractivity contribution in [2.24, 2.45) is 0 Å². The van der Waals surface area contributed by atoms with Gasteiger partial charge in [0.15, 0.2) is 0 Å². The van der Waals surface area contributed by atoms with Crippen molar-refractivity contribution in [3.05, 3.63) is 35.6 Å². The van der Waals surface area contributed by atoms with E-state index in [9.17, 15) is 14.0 Å². The van der Waals surface area contributed by atoms with Gasteiger partial charge >= 0.3 is 0 Å². The SMILES string of the molecule is CCC(C)(CCO)NC(=O)CNC(=O)Cc1cccc(F)c1. The number of carbonyl (C=O) groups is 2. The number of aliphatic hydroxyl groups excluding tert-OH is 1. The van der Waals surface area contributed by atoms with Crippen LogP contribution in [0.5, 0.6) is 0 Å². The van der Waals surface area contributed by atoms with E-state index in [4.69, 9.17) is 5.11 Å². The van der Waals surface area contributed by atoms with Gasteiger partial charge < -0.3 is 15.7 Å². The summed E-state index contributed by atoms with van der Waals surface area (Å²) in [5.41, 5.74) is 0.0654. The predicted molar refractivity (Wildman–Crippen MR) is 81.7 cm³/mol. The minimum Gasteiger partial charge on any atom is -0.396 e. The molecule has 0 heterocycles. The molecule has 0 fully saturated rings. The Hall–Kier alpha value is -1.95. The Bertz CT molecular complexity index is 522. The fourth-order valence-electron chi connectivity index (χ4n) is 2.03. The highest BCUT2D eigenvalue weighted by atomic mass is 19.1. The second kappa shape index (κ2) is 8.48. The second-order valence-corrected chi connectivity index (χ2v) is 5.52. The summed E-state index contributed by atoms with van der Waals surface area (Å²) in [6.07, 6.45) is 1.15. The number of aliphatic hydroxyl groups is 1. The molecule has 22 heavy (non-hydrogen) atoms. The van der Waals surface area contributed by atoms with Gasteiger partial charge in [0.1, 0.15) is 5.82 Å². The Morgan fingerprint density at radius 3 is 2.64 bits per heavy atom. The third kappa shape index (κ3) is 6.22. The van der Waals surface area contributed by atoms with Gasteiger partial charge in [-0.15, -0.1) is 0 Å². The third-order valence-electron chi connectivity index (χ3n) is 3.58. The minimum absolute atomic E-state index is 0.0173. The lowest BCUT2D eigenvalue weighted by Gasteiger charge is -2.29. The second-order valence-electron chi connectivity index (χ2n) is 5.52. The van der Waals surface area contributed by atoms with Crippen molar-refractivity contribution < 1.29 is 19.1 Å². The number of nitrogens with one attached hydrogen (secondary N) is 2. The quantitative estimate of drug-likeness (QED) is 0.674. The number of carbonyl (C=O) groups excluding carboxylic acids is 2. The van der Waals surface area contributed by atoms with Crippen molar-refractivity contribution in [3.63, 3.8) is 0 Å². The van der Waals surface area contributed by atoms with Crippen LogP contribution >= 0.6 is 0 Å². The Morgan fingerprint density at radius 2 is 2.05 bits per heavy atom. The molecule has 1 aromatic rings. The molecule has 0 radical (unpaired) electrons. The maximum atomic E-state index is 13.0. The van der Waals surface area contributed by atoms with Gasteiger partial charge in [0.25, 0.3) is 0 Å². The van der Waals surface area contributed by atoms with Crippen LogP contribution in [0, 0.1) is 5.82 Å². The summed E-state index contributed by atoms with van der Waals surface area (Å²) in [6, 6.07) is 5.78. The normalized spacial score (nSPS) is 13.3. The van der Waals surface area contributed by atoms with Gasteiger partial charge in [0.05, 0.1) is 13.0 Å². The highest BCUT2D eigenvalue weighted by Gasteiger charge is 2.23. The van der Waals surface area contributed by atoms with Gasteiger partial charge in [0.2, 0.25) is 11.8 Å². The summed E-state index contributed by atoms with van der Waals surface area (Å²) >= 11 is 0. The summed E-state index contributed by atoms with van der Waals surface area (Å²) in [4.78, 5) is 23.6. The van der Waals surface area contributed by atoms with Crippen LogP contribution in [0.4, 0.5) is 4.39 Å². The molecule has 1 atom stereocenters. The van der Waals surface area contributed by atoms with E-state index in [-0.39, 0.29) is 31.4 Å². The van der Waals surface area contributed by atoms with E-state index in [0.717, 1.165) is 0 Å². The van der Waals surface area contributed by atoms with Gasteiger partial charge in [0, 0.05) is 12.1 Å². The van der Waals surface area contributed by atoms with Gasteiger partial charge in [-0.25, -0.2) is 4.39 Å². The van der Waals surface area contributed by atoms with Crippen LogP contribution in [0.15, 0.2) is 24.3 Å². The molecule has 0 aliphatic heterocycles. The van der Waals surface area contributed by atoms with Crippen molar-refractivity contribution in [3.8, 4) is 0 Å². The lowest BCUT2D eigenvalue weighted by molar-refractivity contribution is -0.126. The molecule has 5 nitrogen and oxygen atoms in total. The maximum absolute atomic E-state index is 13.0. The molecule has 2 amide bonds. The first-order valence-electron chi connectivity index (χ1n) is 7.31. The van der Waals surface area contributed by atoms with E-state index in [2.05, 4.69) is 10.6 Å². The smallest absolute Gasteiger partial charge is 0.239 e. The van der Waals surface area contributed by atoms with E-state index in [1.165, 1.54) is 18.2 Å². The predicted octanol–water partition coefficient (Wildman–Crippen LogP) is 1.15. The molecule has 0 spiro atoms. The van der Waals surface area contributed by atoms with Crippen LogP contribution in [0.2, 0.25) is 0 Å². The summed E-state index contributed by atoms with van der Waals surface area (Å²) < 4.78 is 13.0. The van der Waals surface area contributed by atoms with E-state index in [0.29, 0.717) is 18.4 Å². The first-order valence-corrected chi connectivity index (χ1v) is 7.31. The molecular weight excluding hydrogens is 287 g/mol. The van der Waals surface area contributed by atoms with Crippen molar-refractivity contribution in [2.75, 3.05) is 13.2 Å². The Morgan fingerprint density at radius 1 is 1.32 bits per heavy atom. The van der Waals surface area contributed by atoms with Crippen molar-refractivity contribution in [1.29, 1.82) is 0 Å². The molecule has 0 aliphatic carbocycles. The van der Waals surface area contributed by atoms with E-state index < -0.39 is 11.4 Å². The van der Waals surface area contributed by atoms with Gasteiger partial charge in [-0.2, -0.15) is 0 Å². The zero-order valence-electron chi connectivity index (χ0n) is 13.0. The molecule has 0 saturated heterocycles. The molecule has 3 N–H and O–H groups in total. The lowest BCUT2D eigenvalue weighted by Crippen LogP contribution is -2.49. The fraction of sp³-hybridized carbons (Fsp3) is 0.500. The van der Waals surface area contributed by atoms with Crippen LogP contribution in [-0.2, 0) is 16.0 Å². The zero-order valence-corrected chi connectivity index (χ0v) is 13.0. The fourth-order valence-corrected chi connectivity index (χ4v) is 2.03. The van der Waals surface area contributed by atoms with Crippen molar-refractivity contribution in [2.45, 2.75) is 38.6 Å². The molecule has 1 unspecified atom stereocenters. The molecule has 6 heteroatoms. The third-order valence-corrected chi connectivity index (χ3v) is 3.58. The molecule has 122 valence electrons. The summed E-state index contributed by atoms with van der Waals surface area (Å²) in [5.74, 6) is -1.06. The number of benzene rings is 1. The minimum atomic E-state index is -0.487. The van der Waals surface area contributed by atoms with Crippen LogP contribution in [0.1, 0.15) is 32.3 Å². The number of rotatable bonds is 8. The maximum Gasteiger partial charge on any atom is 0.239 e. The Balaban J connectivity index is 2.42. The molecule has 0 aromatic heterocycles. The molecule has 1 aromatic carbocycles. The van der Waals surface area contributed by atoms with Crippen LogP contribution in [0.3, 0.4) is 0 Å². The van der Waals surface area contributed by atoms with E-state index >= 15 is 0 Å². The lowest BCUT2D eigenvalue weighted by atomic mass is 9.95. The Labute approximate surface area is 129 Å². The number of halogens is 1. The number of hydrogen-bond acceptors (Lipinski definition) is 3. The van der Waals surface area contributed by atoms with Gasteiger partial charge in [-0.1, -0.05) is 19.1 Å². The molecule has 0 bridgehead atoms. The van der Waals surface area contributed by atoms with Gasteiger partial charge in [-0.05, 0) is 37.5 Å². The van der Waals surface area contributed by atoms with Crippen LogP contribution in [0.25, 0.3) is 0 Å². The average Bonchev–Trinajstić information content (AvgIpc) is 2.45. The zero-order chi connectivity index (χ0) is 16.6. The standard InChI is InChI=1S/C16H23FN2O3/c1-3-16(2,7-8-20)19-15(22)11-18-14(21)10-12-5-4-6-13(17)9-12/h4-6,9,20H,3,7-8,10-11H2,1-2H3,(H,18,21)(H,19,22). The number of amides is 2. The Kier molecular flexibility index (Phi) is 6.98. The molecule has 0 saturated carbocycles. The van der Waals surface area contributed by atoms with E-state index in [1.54, 1.807) is 6.07 Å². The first-order chi connectivity index (χ1) is 10.4. The molecule has 1 rings (SSSR count). The topological polar surface area (TPSA) is 78.4 Å². The molecule has 0 aliphatic rings. The van der Waals surface area contributed by atoms with Crippen molar-refractivity contribution in [1.82, 2.24) is 10.6 Å². The average molecular weight is 310 g/mol. The first kappa shape index (κ1) is 18.1. The summed E-state index contributed by atoms with van der Waals surface area (Å²) in [6.45, 7) is 3.60. The highest BCUT2D eigenvalue weighted by molar-refractivity contribution is 5.86. The summed E-state index contributed by atoms with van der Waals surface area (Å²) in [7, 11) is 0. The van der Waals surface area contributed by atoms with E-state index in [1.807, 2.05) is 13.8 Å². The highest BCUT2D eigenvalue weighted by Crippen LogP contribution is 2.13. The van der Waals surface area contributed by atoms with Crippen LogP contribution in [-0.4, -0.2) is 35.6 Å². The monoisotopic (exact) mass is 310 g/mol. The number of hydrogen-bond donors (Lipinski definition) is 3. The summed E-state index contributed by atoms with van der Waals surface area (Å²) in [5, 5.41) is 14.3. The van der Waals surface area contributed by atoms with Crippen LogP contribution < -0.4 is 10.6 Å². The van der Waals surface area contributed by atoms with Crippen molar-refractivity contribution >= 4 is 11.8 Å². The van der Waals surface area contributed by atoms with Gasteiger partial charge in [-0.3, -0.25) is 9.59 Å².